The number of carbonyl (C=O) groups is 1. The van der Waals surface area contributed by atoms with E-state index in [2.05, 4.69) is 36.5 Å². The number of aryl methyl sites for hydroxylation is 1. The van der Waals surface area contributed by atoms with Crippen LogP contribution in [0.3, 0.4) is 0 Å². The fourth-order valence-corrected chi connectivity index (χ4v) is 3.07. The minimum Gasteiger partial charge on any atom is -0.457 e. The van der Waals surface area contributed by atoms with E-state index in [-0.39, 0.29) is 5.88 Å². The fraction of sp³-hybridized carbons (Fsp3) is 0.0952. The molecule has 8 nitrogen and oxygen atoms in total. The third-order valence-corrected chi connectivity index (χ3v) is 4.82. The Morgan fingerprint density at radius 2 is 1.83 bits per heavy atom. The van der Waals surface area contributed by atoms with Crippen molar-refractivity contribution in [2.24, 2.45) is 7.05 Å². The lowest BCUT2D eigenvalue weighted by atomic mass is 10.3. The number of nitrogens with zero attached hydrogens (tertiary/aromatic N) is 3. The third kappa shape index (κ3) is 4.36. The van der Waals surface area contributed by atoms with Crippen LogP contribution in [-0.4, -0.2) is 27.7 Å². The largest absolute Gasteiger partial charge is 0.457 e. The van der Waals surface area contributed by atoms with Gasteiger partial charge in [0.05, 0.1) is 11.0 Å². The second kappa shape index (κ2) is 8.42. The Balaban J connectivity index is 1.56. The highest BCUT2D eigenvalue weighted by Crippen LogP contribution is 2.29. The van der Waals surface area contributed by atoms with Gasteiger partial charge in [-0.05, 0) is 42.5 Å². The van der Waals surface area contributed by atoms with Crippen molar-refractivity contribution in [1.29, 1.82) is 0 Å². The summed E-state index contributed by atoms with van der Waals surface area (Å²) in [6.45, 7) is 0. The van der Waals surface area contributed by atoms with Gasteiger partial charge in [-0.2, -0.15) is 0 Å². The molecule has 0 aliphatic heterocycles. The first-order chi connectivity index (χ1) is 14.5. The Bertz CT molecular complexity index is 1210. The molecule has 2 heterocycles. The van der Waals surface area contributed by atoms with Gasteiger partial charge in [-0.25, -0.2) is 14.8 Å². The number of nitrogens with one attached hydrogen (secondary N) is 2. The van der Waals surface area contributed by atoms with Gasteiger partial charge < -0.3 is 24.7 Å². The zero-order valence-electron chi connectivity index (χ0n) is 16.2. The van der Waals surface area contributed by atoms with Crippen molar-refractivity contribution >= 4 is 44.7 Å². The molecule has 2 aromatic heterocycles. The van der Waals surface area contributed by atoms with Gasteiger partial charge in [0, 0.05) is 42.6 Å². The smallest absolute Gasteiger partial charge is 0.413 e. The molecule has 9 heteroatoms. The minimum absolute atomic E-state index is 0.145. The molecule has 30 heavy (non-hydrogen) atoms. The van der Waals surface area contributed by atoms with Gasteiger partial charge in [0.15, 0.2) is 0 Å². The number of aromatic nitrogens is 3. The van der Waals surface area contributed by atoms with Crippen molar-refractivity contribution in [3.63, 3.8) is 0 Å². The molecule has 0 bridgehead atoms. The molecule has 0 fully saturated rings. The van der Waals surface area contributed by atoms with Crippen molar-refractivity contribution in [3.05, 3.63) is 65.3 Å². The lowest BCUT2D eigenvalue weighted by Crippen LogP contribution is -2.22. The van der Waals surface area contributed by atoms with Crippen LogP contribution >= 0.6 is 15.9 Å². The predicted molar refractivity (Wildman–Crippen MR) is 118 cm³/mol. The third-order valence-electron chi connectivity index (χ3n) is 4.30. The summed E-state index contributed by atoms with van der Waals surface area (Å²) < 4.78 is 13.9. The Labute approximate surface area is 181 Å². The van der Waals surface area contributed by atoms with E-state index < -0.39 is 6.09 Å². The lowest BCUT2D eigenvalue weighted by molar-refractivity contribution is 0.201. The summed E-state index contributed by atoms with van der Waals surface area (Å²) in [6, 6.07) is 16.7. The normalized spacial score (nSPS) is 10.6. The summed E-state index contributed by atoms with van der Waals surface area (Å²) in [5.41, 5.74) is 2.68. The zero-order chi connectivity index (χ0) is 21.1. The van der Waals surface area contributed by atoms with Gasteiger partial charge in [-0.15, -0.1) is 0 Å². The Hall–Kier alpha value is -3.59. The molecule has 152 valence electrons. The van der Waals surface area contributed by atoms with Crippen LogP contribution in [0.5, 0.6) is 17.4 Å². The van der Waals surface area contributed by atoms with Crippen molar-refractivity contribution in [2.75, 3.05) is 12.4 Å². The average Bonchev–Trinajstić information content (AvgIpc) is 3.04. The van der Waals surface area contributed by atoms with E-state index in [1.807, 2.05) is 54.1 Å². The van der Waals surface area contributed by atoms with E-state index in [0.29, 0.717) is 11.5 Å². The topological polar surface area (TPSA) is 90.3 Å². The Kier molecular flexibility index (Phi) is 5.53. The first kappa shape index (κ1) is 19.7. The molecule has 4 aromatic rings. The van der Waals surface area contributed by atoms with Gasteiger partial charge in [-0.1, -0.05) is 15.9 Å². The molecule has 0 unspecified atom stereocenters. The summed E-state index contributed by atoms with van der Waals surface area (Å²) in [5.74, 6) is 1.96. The quantitative estimate of drug-likeness (QED) is 0.429. The summed E-state index contributed by atoms with van der Waals surface area (Å²) in [6.07, 6.45) is 0.910. The number of imidazole rings is 1. The molecule has 2 aromatic carbocycles. The van der Waals surface area contributed by atoms with Crippen LogP contribution in [0.2, 0.25) is 0 Å². The highest BCUT2D eigenvalue weighted by atomic mass is 79.9. The summed E-state index contributed by atoms with van der Waals surface area (Å²) in [4.78, 5) is 20.0. The maximum atomic E-state index is 11.3. The summed E-state index contributed by atoms with van der Waals surface area (Å²) in [7, 11) is 3.42. The number of ether oxygens (including phenoxy) is 2. The predicted octanol–water partition coefficient (Wildman–Crippen LogP) is 4.98. The highest BCUT2D eigenvalue weighted by Gasteiger charge is 2.11. The van der Waals surface area contributed by atoms with E-state index in [4.69, 9.17) is 9.47 Å². The van der Waals surface area contributed by atoms with Gasteiger partial charge in [-0.3, -0.25) is 0 Å². The van der Waals surface area contributed by atoms with Gasteiger partial charge in [0.1, 0.15) is 11.5 Å². The maximum Gasteiger partial charge on any atom is 0.413 e. The van der Waals surface area contributed by atoms with Crippen molar-refractivity contribution in [3.8, 4) is 17.4 Å². The highest BCUT2D eigenvalue weighted by molar-refractivity contribution is 9.10. The molecule has 0 radical (unpaired) electrons. The van der Waals surface area contributed by atoms with E-state index in [0.717, 1.165) is 27.1 Å². The molecule has 0 aliphatic carbocycles. The van der Waals surface area contributed by atoms with Crippen LogP contribution < -0.4 is 20.1 Å². The first-order valence-corrected chi connectivity index (χ1v) is 9.83. The number of hydrogen-bond acceptors (Lipinski definition) is 6. The maximum absolute atomic E-state index is 11.3. The van der Waals surface area contributed by atoms with Crippen LogP contribution in [0.1, 0.15) is 0 Å². The number of pyridine rings is 1. The standard InChI is InChI=1S/C21H18BrN5O3/c1-23-21(28)30-19-12-16(9-10-24-19)29-15-7-8-18-17(11-15)26-20(27(18)2)25-14-5-3-13(22)4-6-14/h3-12H,1-2H3,(H,23,28)(H,25,26). The van der Waals surface area contributed by atoms with Crippen LogP contribution in [-0.2, 0) is 7.05 Å². The van der Waals surface area contributed by atoms with Crippen LogP contribution in [0, 0.1) is 0 Å². The van der Waals surface area contributed by atoms with Crippen LogP contribution in [0.4, 0.5) is 16.4 Å². The summed E-state index contributed by atoms with van der Waals surface area (Å²) in [5, 5.41) is 5.69. The van der Waals surface area contributed by atoms with E-state index in [9.17, 15) is 4.79 Å². The molecule has 4 rings (SSSR count). The molecule has 0 saturated heterocycles. The number of anilines is 2. The number of amides is 1. The number of carbonyl (C=O) groups excluding carboxylic acids is 1. The number of rotatable bonds is 5. The van der Waals surface area contributed by atoms with E-state index >= 15 is 0 Å². The van der Waals surface area contributed by atoms with Gasteiger partial charge in [0.25, 0.3) is 0 Å². The molecule has 0 atom stereocenters. The van der Waals surface area contributed by atoms with E-state index in [1.54, 1.807) is 12.1 Å². The SMILES string of the molecule is CNC(=O)Oc1cc(Oc2ccc3c(c2)nc(Nc2ccc(Br)cc2)n3C)ccn1. The van der Waals surface area contributed by atoms with Crippen LogP contribution in [0.25, 0.3) is 11.0 Å². The van der Waals surface area contributed by atoms with Crippen LogP contribution in [0.15, 0.2) is 65.3 Å². The molecule has 0 spiro atoms. The Morgan fingerprint density at radius 3 is 2.60 bits per heavy atom. The second-order valence-electron chi connectivity index (χ2n) is 6.35. The van der Waals surface area contributed by atoms with Crippen molar-refractivity contribution in [1.82, 2.24) is 19.9 Å². The van der Waals surface area contributed by atoms with Crippen molar-refractivity contribution < 1.29 is 14.3 Å². The number of fused-ring (bicyclic) bond motifs is 1. The Morgan fingerprint density at radius 1 is 1.07 bits per heavy atom. The molecule has 1 amide bonds. The molecular formula is C21H18BrN5O3. The average molecular weight is 468 g/mol. The number of hydrogen-bond donors (Lipinski definition) is 2. The fourth-order valence-electron chi connectivity index (χ4n) is 2.81. The van der Waals surface area contributed by atoms with Gasteiger partial charge >= 0.3 is 6.09 Å². The molecule has 0 saturated carbocycles. The number of benzene rings is 2. The monoisotopic (exact) mass is 467 g/mol. The zero-order valence-corrected chi connectivity index (χ0v) is 17.8. The van der Waals surface area contributed by atoms with Crippen molar-refractivity contribution in [2.45, 2.75) is 0 Å². The van der Waals surface area contributed by atoms with Gasteiger partial charge in [0.2, 0.25) is 11.8 Å². The number of halogens is 1. The van der Waals surface area contributed by atoms with E-state index in [1.165, 1.54) is 13.2 Å². The lowest BCUT2D eigenvalue weighted by Gasteiger charge is -2.07. The first-order valence-electron chi connectivity index (χ1n) is 9.04. The molecule has 2 N–H and O–H groups in total. The minimum atomic E-state index is -0.597. The molecular weight excluding hydrogens is 450 g/mol. The second-order valence-corrected chi connectivity index (χ2v) is 7.26. The summed E-state index contributed by atoms with van der Waals surface area (Å²) >= 11 is 3.43. The molecule has 0 aliphatic rings.